The van der Waals surface area contributed by atoms with Crippen molar-refractivity contribution in [3.8, 4) is 6.07 Å². The summed E-state index contributed by atoms with van der Waals surface area (Å²) in [6, 6.07) is 8.46. The lowest BCUT2D eigenvalue weighted by molar-refractivity contribution is 0.105. The van der Waals surface area contributed by atoms with E-state index in [4.69, 9.17) is 11.6 Å². The minimum absolute atomic E-state index is 0.0629. The third kappa shape index (κ3) is 4.02. The maximum Gasteiger partial charge on any atom is 0.269 e. The molecule has 0 aliphatic rings. The fourth-order valence-corrected chi connectivity index (χ4v) is 4.53. The number of ketones is 1. The van der Waals surface area contributed by atoms with Crippen LogP contribution in [0.2, 0.25) is 5.02 Å². The highest BCUT2D eigenvalue weighted by atomic mass is 35.5. The number of nitriles is 1. The molecule has 0 fully saturated rings. The van der Waals surface area contributed by atoms with Crippen LogP contribution in [0.3, 0.4) is 0 Å². The van der Waals surface area contributed by atoms with Gasteiger partial charge in [-0.25, -0.2) is 0 Å². The van der Waals surface area contributed by atoms with Crippen LogP contribution in [0.4, 0.5) is 0 Å². The van der Waals surface area contributed by atoms with Crippen LogP contribution in [0.5, 0.6) is 0 Å². The Morgan fingerprint density at radius 1 is 1.37 bits per heavy atom. The first kappa shape index (κ1) is 21.8. The number of halogens is 1. The van der Waals surface area contributed by atoms with Crippen molar-refractivity contribution in [3.63, 3.8) is 0 Å². The van der Waals surface area contributed by atoms with Gasteiger partial charge in [0.25, 0.3) is 5.56 Å². The Morgan fingerprint density at radius 3 is 2.67 bits per heavy atom. The van der Waals surface area contributed by atoms with Gasteiger partial charge in [-0.15, -0.1) is 11.3 Å². The molecule has 6 nitrogen and oxygen atoms in total. The van der Waals surface area contributed by atoms with E-state index in [1.807, 2.05) is 33.9 Å². The van der Waals surface area contributed by atoms with Gasteiger partial charge in [-0.1, -0.05) is 30.7 Å². The Labute approximate surface area is 183 Å². The van der Waals surface area contributed by atoms with Crippen LogP contribution in [0, 0.1) is 25.2 Å². The molecule has 0 amide bonds. The molecule has 0 spiro atoms. The maximum atomic E-state index is 13.1. The molecular weight excluding hydrogens is 420 g/mol. The molecular formula is C22H21ClN4O2S. The minimum Gasteiger partial charge on any atom is -0.298 e. The number of thiazole rings is 1. The lowest BCUT2D eigenvalue weighted by Crippen LogP contribution is -2.32. The summed E-state index contributed by atoms with van der Waals surface area (Å²) in [4.78, 5) is 26.1. The number of aromatic nitrogens is 3. The Kier molecular flexibility index (Phi) is 6.40. The molecule has 0 aliphatic carbocycles. The van der Waals surface area contributed by atoms with E-state index in [1.54, 1.807) is 29.0 Å². The van der Waals surface area contributed by atoms with Gasteiger partial charge >= 0.3 is 0 Å². The second-order valence-electron chi connectivity index (χ2n) is 6.91. The van der Waals surface area contributed by atoms with Crippen LogP contribution in [-0.4, -0.2) is 20.1 Å². The summed E-state index contributed by atoms with van der Waals surface area (Å²) in [6.45, 7) is 6.17. The fourth-order valence-electron chi connectivity index (χ4n) is 3.23. The van der Waals surface area contributed by atoms with Crippen LogP contribution >= 0.6 is 22.9 Å². The van der Waals surface area contributed by atoms with E-state index >= 15 is 0 Å². The fraction of sp³-hybridized carbons (Fsp3) is 0.273. The summed E-state index contributed by atoms with van der Waals surface area (Å²) in [6.07, 6.45) is 2.48. The van der Waals surface area contributed by atoms with Gasteiger partial charge in [0.2, 0.25) is 5.78 Å². The average Bonchev–Trinajstić information content (AvgIpc) is 3.14. The van der Waals surface area contributed by atoms with Crippen molar-refractivity contribution in [3.05, 3.63) is 71.4 Å². The number of benzene rings is 1. The van der Waals surface area contributed by atoms with E-state index in [2.05, 4.69) is 5.10 Å². The molecule has 0 bridgehead atoms. The molecule has 0 radical (unpaired) electrons. The molecule has 154 valence electrons. The zero-order valence-electron chi connectivity index (χ0n) is 17.2. The maximum absolute atomic E-state index is 13.1. The SMILES string of the molecule is CCCn1c(=O)/c(=C\c2c(C)nn(C)c2C)s/c1=C(/C#N)C(=O)c1cccc(Cl)c1. The highest BCUT2D eigenvalue weighted by Gasteiger charge is 2.18. The number of nitrogens with zero attached hydrogens (tertiary/aromatic N) is 4. The van der Waals surface area contributed by atoms with Gasteiger partial charge in [-0.3, -0.25) is 18.8 Å². The Hall–Kier alpha value is -2.95. The second-order valence-corrected chi connectivity index (χ2v) is 8.37. The zero-order valence-corrected chi connectivity index (χ0v) is 18.8. The van der Waals surface area contributed by atoms with Crippen LogP contribution < -0.4 is 14.8 Å². The highest BCUT2D eigenvalue weighted by Crippen LogP contribution is 2.15. The van der Waals surface area contributed by atoms with Crippen LogP contribution in [0.15, 0.2) is 29.1 Å². The molecule has 30 heavy (non-hydrogen) atoms. The van der Waals surface area contributed by atoms with Crippen molar-refractivity contribution >= 4 is 40.4 Å². The van der Waals surface area contributed by atoms with E-state index in [-0.39, 0.29) is 11.1 Å². The first-order valence-electron chi connectivity index (χ1n) is 9.44. The van der Waals surface area contributed by atoms with Crippen LogP contribution in [0.25, 0.3) is 11.6 Å². The number of hydrogen-bond donors (Lipinski definition) is 0. The Balaban J connectivity index is 2.32. The molecule has 2 heterocycles. The summed E-state index contributed by atoms with van der Waals surface area (Å²) in [5, 5.41) is 14.6. The van der Waals surface area contributed by atoms with Crippen molar-refractivity contribution in [1.29, 1.82) is 5.26 Å². The molecule has 0 unspecified atom stereocenters. The summed E-state index contributed by atoms with van der Waals surface area (Å²) in [7, 11) is 1.85. The molecule has 2 aromatic heterocycles. The monoisotopic (exact) mass is 440 g/mol. The molecule has 0 aliphatic heterocycles. The third-order valence-electron chi connectivity index (χ3n) is 4.83. The molecule has 0 saturated heterocycles. The standard InChI is InChI=1S/C22H21ClN4O2S/c1-5-9-27-21(29)19(11-17-13(2)25-26(4)14(17)3)30-22(27)18(12-24)20(28)15-7-6-8-16(23)10-15/h6-8,10-11H,5,9H2,1-4H3/b19-11+,22-18-. The summed E-state index contributed by atoms with van der Waals surface area (Å²) < 4.78 is 4.10. The van der Waals surface area contributed by atoms with Gasteiger partial charge in [0.15, 0.2) is 0 Å². The number of hydrogen-bond acceptors (Lipinski definition) is 5. The van der Waals surface area contributed by atoms with E-state index in [1.165, 1.54) is 10.6 Å². The highest BCUT2D eigenvalue weighted by molar-refractivity contribution is 7.07. The van der Waals surface area contributed by atoms with E-state index < -0.39 is 5.78 Å². The van der Waals surface area contributed by atoms with Gasteiger partial charge in [0, 0.05) is 35.4 Å². The second kappa shape index (κ2) is 8.82. The van der Waals surface area contributed by atoms with Gasteiger partial charge < -0.3 is 0 Å². The van der Waals surface area contributed by atoms with E-state index in [9.17, 15) is 14.9 Å². The van der Waals surface area contributed by atoms with Gasteiger partial charge in [0.1, 0.15) is 16.3 Å². The summed E-state index contributed by atoms with van der Waals surface area (Å²) in [5.41, 5.74) is 2.64. The topological polar surface area (TPSA) is 80.7 Å². The molecule has 0 saturated carbocycles. The van der Waals surface area contributed by atoms with Crippen molar-refractivity contribution in [2.75, 3.05) is 0 Å². The number of rotatable bonds is 5. The zero-order chi connectivity index (χ0) is 22.0. The molecule has 0 atom stereocenters. The van der Waals surface area contributed by atoms with Crippen LogP contribution in [0.1, 0.15) is 40.7 Å². The van der Waals surface area contributed by atoms with Crippen molar-refractivity contribution in [2.24, 2.45) is 7.05 Å². The molecule has 8 heteroatoms. The van der Waals surface area contributed by atoms with Crippen molar-refractivity contribution < 1.29 is 4.79 Å². The number of Topliss-reactive ketones (excluding diaryl/α,β-unsaturated/α-hetero) is 1. The van der Waals surface area contributed by atoms with Gasteiger partial charge in [-0.05, 0) is 38.5 Å². The number of carbonyl (C=O) groups is 1. The molecule has 1 aromatic carbocycles. The Bertz CT molecular complexity index is 1360. The average molecular weight is 441 g/mol. The predicted octanol–water partition coefficient (Wildman–Crippen LogP) is 2.71. The smallest absolute Gasteiger partial charge is 0.269 e. The normalized spacial score (nSPS) is 12.7. The molecule has 0 N–H and O–H groups in total. The number of carbonyl (C=O) groups excluding carboxylic acids is 1. The van der Waals surface area contributed by atoms with Crippen molar-refractivity contribution in [2.45, 2.75) is 33.7 Å². The largest absolute Gasteiger partial charge is 0.298 e. The lowest BCUT2D eigenvalue weighted by atomic mass is 10.1. The lowest BCUT2D eigenvalue weighted by Gasteiger charge is -2.02. The third-order valence-corrected chi connectivity index (χ3v) is 6.20. The molecule has 3 aromatic rings. The quantitative estimate of drug-likeness (QED) is 0.571. The van der Waals surface area contributed by atoms with Crippen molar-refractivity contribution in [1.82, 2.24) is 14.3 Å². The van der Waals surface area contributed by atoms with Gasteiger partial charge in [-0.2, -0.15) is 10.4 Å². The van der Waals surface area contributed by atoms with E-state index in [0.29, 0.717) is 32.7 Å². The number of aryl methyl sites for hydroxylation is 2. The summed E-state index contributed by atoms with van der Waals surface area (Å²) >= 11 is 7.16. The molecule has 3 rings (SSSR count). The first-order chi connectivity index (χ1) is 14.3. The van der Waals surface area contributed by atoms with E-state index in [0.717, 1.165) is 28.3 Å². The summed E-state index contributed by atoms with van der Waals surface area (Å²) in [5.74, 6) is -0.452. The van der Waals surface area contributed by atoms with Crippen LogP contribution in [-0.2, 0) is 13.6 Å². The Morgan fingerprint density at radius 2 is 2.10 bits per heavy atom. The first-order valence-corrected chi connectivity index (χ1v) is 10.6. The predicted molar refractivity (Wildman–Crippen MR) is 119 cm³/mol. The minimum atomic E-state index is -0.452. The van der Waals surface area contributed by atoms with Gasteiger partial charge in [0.05, 0.1) is 10.2 Å².